The second-order valence-corrected chi connectivity index (χ2v) is 12.5. The fourth-order valence-electron chi connectivity index (χ4n) is 1.69. The summed E-state index contributed by atoms with van der Waals surface area (Å²) in [7, 11) is -2.03. The average molecular weight is 297 g/mol. The van der Waals surface area contributed by atoms with Crippen LogP contribution < -0.4 is 10.2 Å². The van der Waals surface area contributed by atoms with Crippen molar-refractivity contribution in [3.63, 3.8) is 0 Å². The van der Waals surface area contributed by atoms with Crippen LogP contribution in [0.25, 0.3) is 0 Å². The fourth-order valence-corrected chi connectivity index (χ4v) is 2.70. The Morgan fingerprint density at radius 3 is 2.15 bits per heavy atom. The number of halogens is 1. The van der Waals surface area contributed by atoms with Crippen LogP contribution in [0.4, 0.5) is 4.39 Å². The van der Waals surface area contributed by atoms with Crippen molar-refractivity contribution >= 4 is 8.32 Å². The van der Waals surface area contributed by atoms with Crippen molar-refractivity contribution in [3.8, 4) is 5.75 Å². The van der Waals surface area contributed by atoms with Gasteiger partial charge in [-0.2, -0.15) is 0 Å². The quantitative estimate of drug-likeness (QED) is 0.831. The summed E-state index contributed by atoms with van der Waals surface area (Å²) in [5.74, 6) is 0.0618. The van der Waals surface area contributed by atoms with Crippen LogP contribution in [-0.4, -0.2) is 13.9 Å². The Balaban J connectivity index is 3.04. The van der Waals surface area contributed by atoms with Crippen LogP contribution in [0.3, 0.4) is 0 Å². The lowest BCUT2D eigenvalue weighted by molar-refractivity contribution is 0.454. The van der Waals surface area contributed by atoms with E-state index in [1.54, 1.807) is 12.1 Å². The second kappa shape index (κ2) is 5.49. The van der Waals surface area contributed by atoms with Gasteiger partial charge in [-0.05, 0) is 56.1 Å². The van der Waals surface area contributed by atoms with E-state index in [0.717, 1.165) is 5.56 Å². The van der Waals surface area contributed by atoms with E-state index in [1.165, 1.54) is 6.07 Å². The number of nitrogens with two attached hydrogens (primary N) is 1. The van der Waals surface area contributed by atoms with Crippen molar-refractivity contribution in [1.29, 1.82) is 0 Å². The molecule has 0 aliphatic carbocycles. The van der Waals surface area contributed by atoms with E-state index < -0.39 is 8.32 Å². The molecule has 0 saturated carbocycles. The molecule has 0 aliphatic rings. The number of hydrogen-bond donors (Lipinski definition) is 1. The third-order valence-electron chi connectivity index (χ3n) is 3.83. The van der Waals surface area contributed by atoms with E-state index in [1.807, 2.05) is 13.8 Å². The summed E-state index contributed by atoms with van der Waals surface area (Å²) in [5, 5.41) is 0.0442. The van der Waals surface area contributed by atoms with Gasteiger partial charge in [-0.15, -0.1) is 0 Å². The molecule has 1 rings (SSSR count). The molecule has 0 aromatic heterocycles. The van der Waals surface area contributed by atoms with Crippen LogP contribution >= 0.6 is 0 Å². The van der Waals surface area contributed by atoms with E-state index in [0.29, 0.717) is 12.2 Å². The molecule has 1 aromatic carbocycles. The summed E-state index contributed by atoms with van der Waals surface area (Å²) < 4.78 is 20.1. The Bertz CT molecular complexity index is 472. The maximum atomic E-state index is 14.0. The second-order valence-electron chi connectivity index (χ2n) is 7.79. The van der Waals surface area contributed by atoms with Gasteiger partial charge in [-0.1, -0.05) is 26.8 Å². The van der Waals surface area contributed by atoms with Crippen LogP contribution in [0.2, 0.25) is 18.1 Å². The minimum atomic E-state index is -2.03. The fraction of sp³-hybridized carbons (Fsp3) is 0.625. The maximum Gasteiger partial charge on any atom is 0.250 e. The lowest BCUT2D eigenvalue weighted by Gasteiger charge is -2.36. The standard InChI is InChI=1S/C16H28FNOSi/c1-15(2,3)20(6,7)19-14-10-12(8-9-13(14)17)11-16(4,5)18/h8-10H,11,18H2,1-7H3. The molecule has 2 N–H and O–H groups in total. The zero-order chi connectivity index (χ0) is 15.8. The lowest BCUT2D eigenvalue weighted by Crippen LogP contribution is -2.44. The average Bonchev–Trinajstić information content (AvgIpc) is 2.18. The van der Waals surface area contributed by atoms with Gasteiger partial charge in [0.1, 0.15) is 5.75 Å². The van der Waals surface area contributed by atoms with Gasteiger partial charge >= 0.3 is 0 Å². The summed E-state index contributed by atoms with van der Waals surface area (Å²) in [6.07, 6.45) is 0.696. The highest BCUT2D eigenvalue weighted by Crippen LogP contribution is 2.38. The molecule has 0 saturated heterocycles. The van der Waals surface area contributed by atoms with E-state index >= 15 is 0 Å². The van der Waals surface area contributed by atoms with Gasteiger partial charge < -0.3 is 10.2 Å². The summed E-state index contributed by atoms with van der Waals surface area (Å²) in [6, 6.07) is 5.05. The van der Waals surface area contributed by atoms with Gasteiger partial charge in [0, 0.05) is 5.54 Å². The first-order valence-corrected chi connectivity index (χ1v) is 9.99. The highest BCUT2D eigenvalue weighted by molar-refractivity contribution is 6.74. The smallest absolute Gasteiger partial charge is 0.250 e. The highest BCUT2D eigenvalue weighted by atomic mass is 28.4. The summed E-state index contributed by atoms with van der Waals surface area (Å²) in [5.41, 5.74) is 6.72. The highest BCUT2D eigenvalue weighted by Gasteiger charge is 2.39. The summed E-state index contributed by atoms with van der Waals surface area (Å²) in [4.78, 5) is 0. The van der Waals surface area contributed by atoms with Crippen molar-refractivity contribution in [2.45, 2.75) is 64.7 Å². The topological polar surface area (TPSA) is 35.2 Å². The molecule has 0 fully saturated rings. The maximum absolute atomic E-state index is 14.0. The van der Waals surface area contributed by atoms with E-state index in [9.17, 15) is 4.39 Å². The number of benzene rings is 1. The monoisotopic (exact) mass is 297 g/mol. The van der Waals surface area contributed by atoms with Crippen LogP contribution in [0, 0.1) is 5.82 Å². The molecule has 2 nitrogen and oxygen atoms in total. The van der Waals surface area contributed by atoms with Crippen LogP contribution in [-0.2, 0) is 6.42 Å². The van der Waals surface area contributed by atoms with Crippen molar-refractivity contribution in [2.75, 3.05) is 0 Å². The molecule has 0 spiro atoms. The molecular formula is C16H28FNOSi. The zero-order valence-corrected chi connectivity index (χ0v) is 14.8. The van der Waals surface area contributed by atoms with Crippen molar-refractivity contribution in [1.82, 2.24) is 0 Å². The molecule has 0 heterocycles. The molecule has 4 heteroatoms. The number of rotatable bonds is 4. The minimum absolute atomic E-state index is 0.0442. The third-order valence-corrected chi connectivity index (χ3v) is 8.17. The van der Waals surface area contributed by atoms with Crippen molar-refractivity contribution in [2.24, 2.45) is 5.73 Å². The van der Waals surface area contributed by atoms with Crippen LogP contribution in [0.5, 0.6) is 5.75 Å². The molecule has 0 bridgehead atoms. The Labute approximate surface area is 123 Å². The van der Waals surface area contributed by atoms with E-state index in [4.69, 9.17) is 10.2 Å². The molecule has 1 aromatic rings. The Morgan fingerprint density at radius 1 is 1.15 bits per heavy atom. The normalized spacial score (nSPS) is 13.4. The van der Waals surface area contributed by atoms with Crippen LogP contribution in [0.15, 0.2) is 18.2 Å². The van der Waals surface area contributed by atoms with E-state index in [2.05, 4.69) is 33.9 Å². The lowest BCUT2D eigenvalue weighted by atomic mass is 9.96. The van der Waals surface area contributed by atoms with Gasteiger partial charge in [-0.25, -0.2) is 4.39 Å². The van der Waals surface area contributed by atoms with Crippen LogP contribution in [0.1, 0.15) is 40.2 Å². The third kappa shape index (κ3) is 4.60. The molecule has 20 heavy (non-hydrogen) atoms. The molecule has 0 amide bonds. The first kappa shape index (κ1) is 17.2. The first-order chi connectivity index (χ1) is 8.82. The molecule has 0 unspecified atom stereocenters. The SMILES string of the molecule is CC(C)(N)Cc1ccc(F)c(O[Si](C)(C)C(C)(C)C)c1. The van der Waals surface area contributed by atoms with Gasteiger partial charge in [0.05, 0.1) is 0 Å². The Hall–Kier alpha value is -0.873. The number of hydrogen-bond acceptors (Lipinski definition) is 2. The summed E-state index contributed by atoms with van der Waals surface area (Å²) >= 11 is 0. The molecule has 0 radical (unpaired) electrons. The van der Waals surface area contributed by atoms with Gasteiger partial charge in [0.2, 0.25) is 0 Å². The predicted molar refractivity (Wildman–Crippen MR) is 86.2 cm³/mol. The van der Waals surface area contributed by atoms with Crippen molar-refractivity contribution in [3.05, 3.63) is 29.6 Å². The van der Waals surface area contributed by atoms with E-state index in [-0.39, 0.29) is 16.4 Å². The first-order valence-electron chi connectivity index (χ1n) is 7.08. The summed E-state index contributed by atoms with van der Waals surface area (Å²) in [6.45, 7) is 14.6. The predicted octanol–water partition coefficient (Wildman–Crippen LogP) is 4.49. The van der Waals surface area contributed by atoms with Crippen molar-refractivity contribution < 1.29 is 8.82 Å². The minimum Gasteiger partial charge on any atom is -0.542 e. The Morgan fingerprint density at radius 2 is 1.70 bits per heavy atom. The molecule has 0 aliphatic heterocycles. The zero-order valence-electron chi connectivity index (χ0n) is 13.8. The van der Waals surface area contributed by atoms with Gasteiger partial charge in [-0.3, -0.25) is 0 Å². The van der Waals surface area contributed by atoms with Gasteiger partial charge in [0.25, 0.3) is 8.32 Å². The van der Waals surface area contributed by atoms with Gasteiger partial charge in [0.15, 0.2) is 5.82 Å². The Kier molecular flexibility index (Phi) is 4.71. The molecule has 114 valence electrons. The largest absolute Gasteiger partial charge is 0.542 e. The molecule has 0 atom stereocenters. The molecular weight excluding hydrogens is 269 g/mol.